The summed E-state index contributed by atoms with van der Waals surface area (Å²) in [5, 5.41) is 18.9. The molecule has 2 aliphatic rings. The van der Waals surface area contributed by atoms with Crippen LogP contribution in [-0.2, 0) is 4.79 Å². The Bertz CT molecular complexity index is 312. The molecule has 0 spiro atoms. The molecule has 2 rings (SSSR count). The zero-order valence-corrected chi connectivity index (χ0v) is 10.4. The minimum Gasteiger partial charge on any atom is -0.481 e. The second-order valence-corrected chi connectivity index (χ2v) is 5.82. The lowest BCUT2D eigenvalue weighted by Crippen LogP contribution is -2.46. The molecule has 0 bridgehead atoms. The van der Waals surface area contributed by atoms with Gasteiger partial charge in [0.15, 0.2) is 0 Å². The largest absolute Gasteiger partial charge is 0.481 e. The molecule has 0 aliphatic heterocycles. The van der Waals surface area contributed by atoms with E-state index in [9.17, 15) is 23.8 Å². The summed E-state index contributed by atoms with van der Waals surface area (Å²) in [5.74, 6) is -3.69. The van der Waals surface area contributed by atoms with Crippen molar-refractivity contribution < 1.29 is 23.8 Å². The SMILES string of the molecule is O=C(O)C1(C2CCC(O)CC2)CCC(F)(F)CC1. The minimum atomic E-state index is -2.70. The van der Waals surface area contributed by atoms with Crippen LogP contribution in [0.25, 0.3) is 0 Å². The third-order valence-corrected chi connectivity index (χ3v) is 4.78. The van der Waals surface area contributed by atoms with E-state index in [4.69, 9.17) is 0 Å². The van der Waals surface area contributed by atoms with Crippen LogP contribution in [0.2, 0.25) is 0 Å². The second kappa shape index (κ2) is 4.76. The quantitative estimate of drug-likeness (QED) is 0.804. The number of alkyl halides is 2. The Balaban J connectivity index is 2.11. The predicted molar refractivity (Wildman–Crippen MR) is 61.4 cm³/mol. The maximum atomic E-state index is 13.2. The van der Waals surface area contributed by atoms with E-state index >= 15 is 0 Å². The van der Waals surface area contributed by atoms with E-state index in [1.54, 1.807) is 0 Å². The molecule has 2 saturated carbocycles. The van der Waals surface area contributed by atoms with E-state index in [2.05, 4.69) is 0 Å². The van der Waals surface area contributed by atoms with Gasteiger partial charge in [0.05, 0.1) is 11.5 Å². The van der Waals surface area contributed by atoms with Crippen LogP contribution >= 0.6 is 0 Å². The molecule has 0 saturated heterocycles. The molecule has 0 aromatic rings. The molecule has 2 aliphatic carbocycles. The monoisotopic (exact) mass is 262 g/mol. The third kappa shape index (κ3) is 2.51. The summed E-state index contributed by atoms with van der Waals surface area (Å²) in [5.41, 5.74) is -0.984. The van der Waals surface area contributed by atoms with Crippen molar-refractivity contribution in [1.82, 2.24) is 0 Å². The van der Waals surface area contributed by atoms with Gasteiger partial charge in [-0.25, -0.2) is 8.78 Å². The zero-order valence-electron chi connectivity index (χ0n) is 10.4. The number of rotatable bonds is 2. The molecule has 0 aromatic carbocycles. The van der Waals surface area contributed by atoms with Crippen molar-refractivity contribution in [3.05, 3.63) is 0 Å². The first-order valence-electron chi connectivity index (χ1n) is 6.65. The van der Waals surface area contributed by atoms with Crippen molar-refractivity contribution in [1.29, 1.82) is 0 Å². The Kier molecular flexibility index (Phi) is 3.63. The van der Waals surface area contributed by atoms with E-state index < -0.39 is 17.3 Å². The van der Waals surface area contributed by atoms with Gasteiger partial charge in [0.1, 0.15) is 0 Å². The minimum absolute atomic E-state index is 0.0606. The first kappa shape index (κ1) is 13.7. The lowest BCUT2D eigenvalue weighted by Gasteiger charge is -2.44. The molecule has 0 heterocycles. The summed E-state index contributed by atoms with van der Waals surface area (Å²) in [6, 6.07) is 0. The predicted octanol–water partition coefficient (Wildman–Crippen LogP) is 2.82. The van der Waals surface area contributed by atoms with E-state index in [0.717, 1.165) is 0 Å². The van der Waals surface area contributed by atoms with Gasteiger partial charge in [0, 0.05) is 12.8 Å². The van der Waals surface area contributed by atoms with Gasteiger partial charge in [0.2, 0.25) is 5.92 Å². The second-order valence-electron chi connectivity index (χ2n) is 5.82. The van der Waals surface area contributed by atoms with Gasteiger partial charge in [-0.05, 0) is 44.4 Å². The number of carbonyl (C=O) groups is 1. The zero-order chi connectivity index (χ0) is 13.4. The van der Waals surface area contributed by atoms with E-state index in [1.807, 2.05) is 0 Å². The van der Waals surface area contributed by atoms with Gasteiger partial charge in [-0.15, -0.1) is 0 Å². The highest BCUT2D eigenvalue weighted by molar-refractivity contribution is 5.75. The molecule has 104 valence electrons. The van der Waals surface area contributed by atoms with Crippen molar-refractivity contribution in [2.75, 3.05) is 0 Å². The number of aliphatic carboxylic acids is 1. The van der Waals surface area contributed by atoms with Crippen LogP contribution in [-0.4, -0.2) is 28.2 Å². The van der Waals surface area contributed by atoms with Crippen LogP contribution in [0.4, 0.5) is 8.78 Å². The number of aliphatic hydroxyl groups is 1. The van der Waals surface area contributed by atoms with Gasteiger partial charge in [-0.1, -0.05) is 0 Å². The number of hydrogen-bond acceptors (Lipinski definition) is 2. The van der Waals surface area contributed by atoms with Crippen LogP contribution in [0, 0.1) is 11.3 Å². The number of carboxylic acid groups (broad SMARTS) is 1. The molecule has 0 aromatic heterocycles. The van der Waals surface area contributed by atoms with Crippen LogP contribution in [0.5, 0.6) is 0 Å². The van der Waals surface area contributed by atoms with Gasteiger partial charge >= 0.3 is 5.97 Å². The maximum Gasteiger partial charge on any atom is 0.309 e. The van der Waals surface area contributed by atoms with E-state index in [0.29, 0.717) is 25.7 Å². The molecule has 2 N–H and O–H groups in total. The summed E-state index contributed by atoms with van der Waals surface area (Å²) >= 11 is 0. The lowest BCUT2D eigenvalue weighted by atomic mass is 9.61. The Hall–Kier alpha value is -0.710. The van der Waals surface area contributed by atoms with Crippen LogP contribution < -0.4 is 0 Å². The van der Waals surface area contributed by atoms with Crippen molar-refractivity contribution in [2.45, 2.75) is 63.4 Å². The molecule has 3 nitrogen and oxygen atoms in total. The highest BCUT2D eigenvalue weighted by Crippen LogP contribution is 2.51. The summed E-state index contributed by atoms with van der Waals surface area (Å²) in [4.78, 5) is 11.6. The third-order valence-electron chi connectivity index (χ3n) is 4.78. The van der Waals surface area contributed by atoms with Gasteiger partial charge in [0.25, 0.3) is 0 Å². The molecule has 0 amide bonds. The average Bonchev–Trinajstić information content (AvgIpc) is 2.30. The van der Waals surface area contributed by atoms with Crippen LogP contribution in [0.1, 0.15) is 51.4 Å². The van der Waals surface area contributed by atoms with Gasteiger partial charge in [-0.3, -0.25) is 4.79 Å². The topological polar surface area (TPSA) is 57.5 Å². The number of halogens is 2. The molecular formula is C13H20F2O3. The maximum absolute atomic E-state index is 13.2. The highest BCUT2D eigenvalue weighted by atomic mass is 19.3. The molecule has 0 radical (unpaired) electrons. The molecule has 5 heteroatoms. The fourth-order valence-corrected chi connectivity index (χ4v) is 3.49. The molecular weight excluding hydrogens is 242 g/mol. The fourth-order valence-electron chi connectivity index (χ4n) is 3.49. The summed E-state index contributed by atoms with van der Waals surface area (Å²) < 4.78 is 26.4. The summed E-state index contributed by atoms with van der Waals surface area (Å²) in [6.45, 7) is 0. The fraction of sp³-hybridized carbons (Fsp3) is 0.923. The standard InChI is InChI=1S/C13H20F2O3/c14-13(15)7-5-12(6-8-13,11(17)18)9-1-3-10(16)4-2-9/h9-10,16H,1-8H2,(H,17,18). The van der Waals surface area contributed by atoms with Crippen molar-refractivity contribution in [3.63, 3.8) is 0 Å². The summed E-state index contributed by atoms with van der Waals surface area (Å²) in [7, 11) is 0. The number of aliphatic hydroxyl groups excluding tert-OH is 1. The van der Waals surface area contributed by atoms with Crippen molar-refractivity contribution in [2.24, 2.45) is 11.3 Å². The van der Waals surface area contributed by atoms with Crippen LogP contribution in [0.15, 0.2) is 0 Å². The smallest absolute Gasteiger partial charge is 0.309 e. The molecule has 18 heavy (non-hydrogen) atoms. The number of carboxylic acids is 1. The first-order valence-corrected chi connectivity index (χ1v) is 6.65. The number of hydrogen-bond donors (Lipinski definition) is 2. The lowest BCUT2D eigenvalue weighted by molar-refractivity contribution is -0.165. The Morgan fingerprint density at radius 3 is 1.94 bits per heavy atom. The van der Waals surface area contributed by atoms with E-state index in [-0.39, 0.29) is 37.7 Å². The van der Waals surface area contributed by atoms with Gasteiger partial charge in [-0.2, -0.15) is 0 Å². The van der Waals surface area contributed by atoms with Crippen molar-refractivity contribution in [3.8, 4) is 0 Å². The molecule has 2 fully saturated rings. The first-order chi connectivity index (χ1) is 8.36. The molecule has 0 atom stereocenters. The molecule has 0 unspecified atom stereocenters. The Labute approximate surface area is 105 Å². The van der Waals surface area contributed by atoms with Gasteiger partial charge < -0.3 is 10.2 Å². The summed E-state index contributed by atoms with van der Waals surface area (Å²) in [6.07, 6.45) is 1.60. The van der Waals surface area contributed by atoms with Crippen LogP contribution in [0.3, 0.4) is 0 Å². The average molecular weight is 262 g/mol. The van der Waals surface area contributed by atoms with Crippen molar-refractivity contribution >= 4 is 5.97 Å². The highest BCUT2D eigenvalue weighted by Gasteiger charge is 2.52. The Morgan fingerprint density at radius 2 is 1.50 bits per heavy atom. The Morgan fingerprint density at radius 1 is 1.00 bits per heavy atom. The normalized spacial score (nSPS) is 35.1. The van der Waals surface area contributed by atoms with E-state index in [1.165, 1.54) is 0 Å².